The van der Waals surface area contributed by atoms with Gasteiger partial charge in [-0.25, -0.2) is 28.8 Å². The molecule has 0 atom stereocenters. The summed E-state index contributed by atoms with van der Waals surface area (Å²) >= 11 is 7.30. The highest BCUT2D eigenvalue weighted by Crippen LogP contribution is 2.45. The highest BCUT2D eigenvalue weighted by atomic mass is 35.5. The number of benzene rings is 2. The number of hydrogen-bond acceptors (Lipinski definition) is 6. The number of thiophene rings is 1. The quantitative estimate of drug-likeness (QED) is 0.410. The van der Waals surface area contributed by atoms with Crippen LogP contribution in [0, 0.1) is 5.82 Å². The Kier molecular flexibility index (Phi) is 4.45. The monoisotopic (exact) mass is 456 g/mol. The summed E-state index contributed by atoms with van der Waals surface area (Å²) in [6.45, 7) is 0. The molecule has 8 nitrogen and oxygen atoms in total. The number of nitrogens with one attached hydrogen (secondary N) is 1. The highest BCUT2D eigenvalue weighted by Gasteiger charge is 2.34. The Labute approximate surface area is 182 Å². The number of rotatable bonds is 4. The molecule has 0 saturated heterocycles. The first-order valence-corrected chi connectivity index (χ1v) is 9.96. The number of aromatic carboxylic acids is 1. The van der Waals surface area contributed by atoms with Crippen LogP contribution in [0.25, 0.3) is 10.2 Å². The van der Waals surface area contributed by atoms with Crippen molar-refractivity contribution in [1.29, 1.82) is 0 Å². The number of urea groups is 1. The number of carboxylic acid groups (broad SMARTS) is 1. The molecule has 5 rings (SSSR count). The molecule has 2 aromatic carbocycles. The van der Waals surface area contributed by atoms with Crippen molar-refractivity contribution >= 4 is 62.3 Å². The van der Waals surface area contributed by atoms with Crippen LogP contribution in [-0.2, 0) is 0 Å². The Hall–Kier alpha value is -3.76. The summed E-state index contributed by atoms with van der Waals surface area (Å²) in [5.41, 5.74) is 0.546. The topological polar surface area (TPSA) is 105 Å². The van der Waals surface area contributed by atoms with Gasteiger partial charge in [0.2, 0.25) is 0 Å². The molecular weight excluding hydrogens is 447 g/mol. The SMILES string of the molecule is O=C(O)c1sc2ncnc3c2c1NC(=O)N3c1ccc(Oc2cccc(F)c2)c(Cl)c1. The number of ether oxygens (including phenoxy) is 1. The first-order valence-electron chi connectivity index (χ1n) is 8.77. The van der Waals surface area contributed by atoms with Crippen LogP contribution in [0.2, 0.25) is 5.02 Å². The summed E-state index contributed by atoms with van der Waals surface area (Å²) < 4.78 is 19.0. The summed E-state index contributed by atoms with van der Waals surface area (Å²) in [5.74, 6) is -0.838. The molecule has 3 heterocycles. The first kappa shape index (κ1) is 19.2. The smallest absolute Gasteiger partial charge is 0.348 e. The van der Waals surface area contributed by atoms with Gasteiger partial charge in [0.05, 0.1) is 21.8 Å². The Morgan fingerprint density at radius 3 is 2.81 bits per heavy atom. The summed E-state index contributed by atoms with van der Waals surface area (Å²) in [7, 11) is 0. The van der Waals surface area contributed by atoms with E-state index < -0.39 is 17.8 Å². The van der Waals surface area contributed by atoms with E-state index in [9.17, 15) is 19.1 Å². The number of carbonyl (C=O) groups excluding carboxylic acids is 1. The molecule has 2 N–H and O–H groups in total. The maximum Gasteiger partial charge on any atom is 0.348 e. The largest absolute Gasteiger partial charge is 0.477 e. The minimum absolute atomic E-state index is 0.0263. The van der Waals surface area contributed by atoms with Gasteiger partial charge in [0, 0.05) is 6.07 Å². The number of halogens is 2. The molecule has 2 amide bonds. The van der Waals surface area contributed by atoms with Crippen LogP contribution < -0.4 is 15.0 Å². The van der Waals surface area contributed by atoms with Crippen molar-refractivity contribution in [3.63, 3.8) is 0 Å². The zero-order valence-corrected chi connectivity index (χ0v) is 16.9. The van der Waals surface area contributed by atoms with Gasteiger partial charge in [0.15, 0.2) is 5.82 Å². The number of hydrogen-bond donors (Lipinski definition) is 2. The van der Waals surface area contributed by atoms with E-state index in [1.807, 2.05) is 0 Å². The Bertz CT molecular complexity index is 1390. The maximum absolute atomic E-state index is 13.4. The lowest BCUT2D eigenvalue weighted by Gasteiger charge is -2.27. The molecule has 0 bridgehead atoms. The number of anilines is 3. The Morgan fingerprint density at radius 1 is 1.23 bits per heavy atom. The zero-order chi connectivity index (χ0) is 21.7. The van der Waals surface area contributed by atoms with Crippen LogP contribution in [0.4, 0.5) is 26.4 Å². The van der Waals surface area contributed by atoms with E-state index in [4.69, 9.17) is 16.3 Å². The fourth-order valence-electron chi connectivity index (χ4n) is 3.23. The van der Waals surface area contributed by atoms with Gasteiger partial charge in [-0.1, -0.05) is 17.7 Å². The lowest BCUT2D eigenvalue weighted by atomic mass is 10.2. The zero-order valence-electron chi connectivity index (χ0n) is 15.3. The molecule has 1 aliphatic heterocycles. The molecule has 0 radical (unpaired) electrons. The van der Waals surface area contributed by atoms with E-state index in [0.29, 0.717) is 15.9 Å². The number of carbonyl (C=O) groups is 2. The lowest BCUT2D eigenvalue weighted by molar-refractivity contribution is 0.0703. The van der Waals surface area contributed by atoms with Gasteiger partial charge in [-0.2, -0.15) is 0 Å². The lowest BCUT2D eigenvalue weighted by Crippen LogP contribution is -2.34. The van der Waals surface area contributed by atoms with Crippen molar-refractivity contribution in [2.24, 2.45) is 0 Å². The van der Waals surface area contributed by atoms with E-state index in [1.54, 1.807) is 18.2 Å². The van der Waals surface area contributed by atoms with Gasteiger partial charge in [0.25, 0.3) is 0 Å². The van der Waals surface area contributed by atoms with E-state index >= 15 is 0 Å². The van der Waals surface area contributed by atoms with Crippen molar-refractivity contribution < 1.29 is 23.8 Å². The number of aromatic nitrogens is 2. The number of carboxylic acids is 1. The average molecular weight is 457 g/mol. The summed E-state index contributed by atoms with van der Waals surface area (Å²) in [6, 6.07) is 9.64. The number of nitrogens with zero attached hydrogens (tertiary/aromatic N) is 3. The van der Waals surface area contributed by atoms with Crippen molar-refractivity contribution in [2.75, 3.05) is 10.2 Å². The fraction of sp³-hybridized carbons (Fsp3) is 0. The molecule has 31 heavy (non-hydrogen) atoms. The Morgan fingerprint density at radius 2 is 2.06 bits per heavy atom. The molecular formula is C20H10ClFN4O4S. The highest BCUT2D eigenvalue weighted by molar-refractivity contribution is 7.21. The van der Waals surface area contributed by atoms with Crippen LogP contribution >= 0.6 is 22.9 Å². The second kappa shape index (κ2) is 7.18. The van der Waals surface area contributed by atoms with Crippen LogP contribution in [0.1, 0.15) is 9.67 Å². The third-order valence-corrected chi connectivity index (χ3v) is 5.89. The van der Waals surface area contributed by atoms with Crippen molar-refractivity contribution in [2.45, 2.75) is 0 Å². The van der Waals surface area contributed by atoms with Gasteiger partial charge in [-0.3, -0.25) is 0 Å². The summed E-state index contributed by atoms with van der Waals surface area (Å²) in [6.07, 6.45) is 1.26. The van der Waals surface area contributed by atoms with Crippen LogP contribution in [0.5, 0.6) is 11.5 Å². The molecule has 0 aliphatic carbocycles. The molecule has 4 aromatic rings. The second-order valence-electron chi connectivity index (χ2n) is 6.43. The first-order chi connectivity index (χ1) is 14.9. The van der Waals surface area contributed by atoms with Crippen LogP contribution in [0.15, 0.2) is 48.8 Å². The average Bonchev–Trinajstić information content (AvgIpc) is 3.10. The molecule has 11 heteroatoms. The molecule has 0 unspecified atom stereocenters. The third-order valence-electron chi connectivity index (χ3n) is 4.51. The van der Waals surface area contributed by atoms with Gasteiger partial charge >= 0.3 is 12.0 Å². The van der Waals surface area contributed by atoms with Crippen molar-refractivity contribution in [3.05, 3.63) is 64.5 Å². The Balaban J connectivity index is 1.56. The van der Waals surface area contributed by atoms with Gasteiger partial charge in [0.1, 0.15) is 33.4 Å². The van der Waals surface area contributed by atoms with Gasteiger partial charge < -0.3 is 15.2 Å². The molecule has 0 spiro atoms. The normalized spacial score (nSPS) is 12.7. The second-order valence-corrected chi connectivity index (χ2v) is 7.83. The molecule has 0 fully saturated rings. The minimum Gasteiger partial charge on any atom is -0.477 e. The van der Waals surface area contributed by atoms with E-state index in [0.717, 1.165) is 11.3 Å². The van der Waals surface area contributed by atoms with Crippen molar-refractivity contribution in [3.8, 4) is 11.5 Å². The van der Waals surface area contributed by atoms with E-state index in [2.05, 4.69) is 15.3 Å². The summed E-state index contributed by atoms with van der Waals surface area (Å²) in [5, 5.41) is 12.6. The number of amides is 2. The summed E-state index contributed by atoms with van der Waals surface area (Å²) in [4.78, 5) is 34.4. The van der Waals surface area contributed by atoms with E-state index in [-0.39, 0.29) is 32.9 Å². The standard InChI is InChI=1S/C20H10ClFN4O4S/c21-12-7-10(4-5-13(12)30-11-3-1-2-9(22)6-11)26-17-14-15(25-20(26)29)16(19(27)28)31-18(14)24-8-23-17/h1-8H,(H,25,29)(H,27,28). The molecule has 1 aliphatic rings. The predicted molar refractivity (Wildman–Crippen MR) is 113 cm³/mol. The maximum atomic E-state index is 13.4. The predicted octanol–water partition coefficient (Wildman–Crippen LogP) is 5.66. The van der Waals surface area contributed by atoms with Crippen LogP contribution in [0.3, 0.4) is 0 Å². The minimum atomic E-state index is -1.17. The fourth-order valence-corrected chi connectivity index (χ4v) is 4.37. The molecule has 2 aromatic heterocycles. The van der Waals surface area contributed by atoms with Gasteiger partial charge in [-0.05, 0) is 30.3 Å². The molecule has 154 valence electrons. The molecule has 0 saturated carbocycles. The van der Waals surface area contributed by atoms with E-state index in [1.165, 1.54) is 35.5 Å². The van der Waals surface area contributed by atoms with Crippen molar-refractivity contribution in [1.82, 2.24) is 9.97 Å². The third kappa shape index (κ3) is 3.22. The van der Waals surface area contributed by atoms with Gasteiger partial charge in [-0.15, -0.1) is 11.3 Å². The van der Waals surface area contributed by atoms with Crippen LogP contribution in [-0.4, -0.2) is 27.1 Å².